The third-order valence-electron chi connectivity index (χ3n) is 3.92. The molecule has 9 heteroatoms. The minimum atomic E-state index is -3.84. The van der Waals surface area contributed by atoms with Gasteiger partial charge < -0.3 is 5.73 Å². The molecular weight excluding hydrogens is 409 g/mol. The number of rotatable bonds is 5. The summed E-state index contributed by atoms with van der Waals surface area (Å²) in [6.07, 6.45) is 1.04. The van der Waals surface area contributed by atoms with Crippen molar-refractivity contribution in [2.45, 2.75) is 20.5 Å². The monoisotopic (exact) mass is 425 g/mol. The van der Waals surface area contributed by atoms with Crippen molar-refractivity contribution in [3.05, 3.63) is 65.3 Å². The molecule has 0 saturated carbocycles. The van der Waals surface area contributed by atoms with Gasteiger partial charge in [0.1, 0.15) is 10.0 Å². The Labute approximate surface area is 161 Å². The number of halogens is 1. The standard InChI is InChI=1S/C18H16FNO4S3/c1-26(21,22)17-8-7-15(10-16(17)12-2-4-13(19)5-3-12)27(23,24)18-9-6-14(11-20)25-18/h2-10H,11,20H2,1H3. The van der Waals surface area contributed by atoms with Crippen LogP contribution in [0.3, 0.4) is 0 Å². The Kier molecular flexibility index (Phi) is 5.22. The lowest BCUT2D eigenvalue weighted by molar-refractivity contribution is 0.596. The molecule has 0 aliphatic heterocycles. The van der Waals surface area contributed by atoms with Crippen LogP contribution in [0.25, 0.3) is 11.1 Å². The predicted molar refractivity (Wildman–Crippen MR) is 103 cm³/mol. The molecular formula is C18H16FNO4S3. The molecule has 0 atom stereocenters. The van der Waals surface area contributed by atoms with Crippen LogP contribution in [0.4, 0.5) is 4.39 Å². The molecule has 142 valence electrons. The van der Waals surface area contributed by atoms with E-state index < -0.39 is 25.5 Å². The van der Waals surface area contributed by atoms with E-state index in [9.17, 15) is 21.2 Å². The van der Waals surface area contributed by atoms with E-state index in [1.54, 1.807) is 6.07 Å². The Balaban J connectivity index is 2.21. The third-order valence-corrected chi connectivity index (χ3v) is 8.42. The van der Waals surface area contributed by atoms with Crippen molar-refractivity contribution in [2.75, 3.05) is 6.26 Å². The van der Waals surface area contributed by atoms with Crippen molar-refractivity contribution in [1.29, 1.82) is 0 Å². The second-order valence-corrected chi connectivity index (χ2v) is 11.2. The molecule has 0 spiro atoms. The van der Waals surface area contributed by atoms with E-state index in [2.05, 4.69) is 0 Å². The summed E-state index contributed by atoms with van der Waals surface area (Å²) in [6, 6.07) is 12.2. The number of sulfone groups is 2. The smallest absolute Gasteiger partial charge is 0.215 e. The van der Waals surface area contributed by atoms with Gasteiger partial charge in [-0.25, -0.2) is 21.2 Å². The Hall–Kier alpha value is -2.07. The number of nitrogens with two attached hydrogens (primary N) is 1. The average molecular weight is 426 g/mol. The molecule has 0 unspecified atom stereocenters. The molecule has 1 heterocycles. The highest BCUT2D eigenvalue weighted by Gasteiger charge is 2.23. The molecule has 27 heavy (non-hydrogen) atoms. The third kappa shape index (κ3) is 3.96. The zero-order chi connectivity index (χ0) is 19.8. The first-order valence-electron chi connectivity index (χ1n) is 7.77. The maximum atomic E-state index is 13.2. The van der Waals surface area contributed by atoms with Crippen molar-refractivity contribution in [1.82, 2.24) is 0 Å². The molecule has 0 saturated heterocycles. The molecule has 3 aromatic rings. The topological polar surface area (TPSA) is 94.3 Å². The van der Waals surface area contributed by atoms with Crippen molar-refractivity contribution in [3.8, 4) is 11.1 Å². The average Bonchev–Trinajstić information content (AvgIpc) is 3.11. The molecule has 0 radical (unpaired) electrons. The Morgan fingerprint density at radius 2 is 1.63 bits per heavy atom. The normalized spacial score (nSPS) is 12.3. The first kappa shape index (κ1) is 19.7. The fourth-order valence-corrected chi connectivity index (χ4v) is 6.14. The fraction of sp³-hybridized carbons (Fsp3) is 0.111. The van der Waals surface area contributed by atoms with Crippen LogP contribution >= 0.6 is 11.3 Å². The van der Waals surface area contributed by atoms with Gasteiger partial charge in [0.25, 0.3) is 0 Å². The lowest BCUT2D eigenvalue weighted by Crippen LogP contribution is -2.04. The van der Waals surface area contributed by atoms with E-state index >= 15 is 0 Å². The van der Waals surface area contributed by atoms with Gasteiger partial charge in [-0.15, -0.1) is 11.3 Å². The molecule has 3 rings (SSSR count). The van der Waals surface area contributed by atoms with Crippen molar-refractivity contribution in [3.63, 3.8) is 0 Å². The highest BCUT2D eigenvalue weighted by Crippen LogP contribution is 2.34. The highest BCUT2D eigenvalue weighted by atomic mass is 32.2. The summed E-state index contributed by atoms with van der Waals surface area (Å²) < 4.78 is 63.5. The number of hydrogen-bond donors (Lipinski definition) is 1. The van der Waals surface area contributed by atoms with Crippen LogP contribution in [0.2, 0.25) is 0 Å². The molecule has 0 aliphatic rings. The molecule has 2 aromatic carbocycles. The molecule has 0 aliphatic carbocycles. The maximum absolute atomic E-state index is 13.2. The maximum Gasteiger partial charge on any atom is 0.215 e. The summed E-state index contributed by atoms with van der Waals surface area (Å²) in [5.41, 5.74) is 6.15. The van der Waals surface area contributed by atoms with Crippen molar-refractivity contribution < 1.29 is 21.2 Å². The second kappa shape index (κ2) is 7.16. The predicted octanol–water partition coefficient (Wildman–Crippen LogP) is 3.25. The molecule has 5 nitrogen and oxygen atoms in total. The summed E-state index contributed by atoms with van der Waals surface area (Å²) in [5, 5.41) is 0. The summed E-state index contributed by atoms with van der Waals surface area (Å²) in [7, 11) is -7.46. The molecule has 1 aromatic heterocycles. The van der Waals surface area contributed by atoms with Crippen LogP contribution in [0.5, 0.6) is 0 Å². The minimum absolute atomic E-state index is 0.0260. The van der Waals surface area contributed by atoms with E-state index in [0.29, 0.717) is 5.56 Å². The molecule has 0 bridgehead atoms. The Morgan fingerprint density at radius 3 is 2.19 bits per heavy atom. The van der Waals surface area contributed by atoms with Gasteiger partial charge in [-0.05, 0) is 48.0 Å². The first-order valence-corrected chi connectivity index (χ1v) is 12.0. The lowest BCUT2D eigenvalue weighted by atomic mass is 10.1. The lowest BCUT2D eigenvalue weighted by Gasteiger charge is -2.11. The van der Waals surface area contributed by atoms with Crippen LogP contribution in [0.15, 0.2) is 68.6 Å². The Morgan fingerprint density at radius 1 is 0.963 bits per heavy atom. The van der Waals surface area contributed by atoms with Gasteiger partial charge in [0.2, 0.25) is 9.84 Å². The summed E-state index contributed by atoms with van der Waals surface area (Å²) in [5.74, 6) is -0.476. The Bertz CT molecular complexity index is 1200. The van der Waals surface area contributed by atoms with Gasteiger partial charge in [0, 0.05) is 23.2 Å². The molecule has 0 amide bonds. The fourth-order valence-electron chi connectivity index (χ4n) is 2.58. The first-order chi connectivity index (χ1) is 12.6. The van der Waals surface area contributed by atoms with Crippen molar-refractivity contribution >= 4 is 31.0 Å². The largest absolute Gasteiger partial charge is 0.326 e. The zero-order valence-corrected chi connectivity index (χ0v) is 16.7. The quantitative estimate of drug-likeness (QED) is 0.677. The highest BCUT2D eigenvalue weighted by molar-refractivity contribution is 7.93. The van der Waals surface area contributed by atoms with Crippen LogP contribution in [-0.2, 0) is 26.2 Å². The zero-order valence-electron chi connectivity index (χ0n) is 14.2. The van der Waals surface area contributed by atoms with Crippen LogP contribution in [0.1, 0.15) is 4.88 Å². The van der Waals surface area contributed by atoms with Gasteiger partial charge in [-0.1, -0.05) is 12.1 Å². The number of thiophene rings is 1. The van der Waals surface area contributed by atoms with Gasteiger partial charge >= 0.3 is 0 Å². The van der Waals surface area contributed by atoms with E-state index in [-0.39, 0.29) is 26.1 Å². The molecule has 2 N–H and O–H groups in total. The van der Waals surface area contributed by atoms with E-state index in [0.717, 1.165) is 22.5 Å². The van der Waals surface area contributed by atoms with Gasteiger partial charge in [0.15, 0.2) is 9.84 Å². The molecule has 0 fully saturated rings. The second-order valence-electron chi connectivity index (χ2n) is 5.87. The van der Waals surface area contributed by atoms with Gasteiger partial charge in [0.05, 0.1) is 9.79 Å². The number of benzene rings is 2. The minimum Gasteiger partial charge on any atom is -0.326 e. The van der Waals surface area contributed by atoms with E-state index in [1.807, 2.05) is 0 Å². The summed E-state index contributed by atoms with van der Waals surface area (Å²) in [6.45, 7) is 0.230. The van der Waals surface area contributed by atoms with Gasteiger partial charge in [-0.2, -0.15) is 0 Å². The SMILES string of the molecule is CS(=O)(=O)c1ccc(S(=O)(=O)c2ccc(CN)s2)cc1-c1ccc(F)cc1. The number of hydrogen-bond acceptors (Lipinski definition) is 6. The summed E-state index contributed by atoms with van der Waals surface area (Å²) in [4.78, 5) is 0.654. The van der Waals surface area contributed by atoms with Crippen LogP contribution < -0.4 is 5.73 Å². The van der Waals surface area contributed by atoms with E-state index in [4.69, 9.17) is 5.73 Å². The van der Waals surface area contributed by atoms with E-state index in [1.165, 1.54) is 48.5 Å². The van der Waals surface area contributed by atoms with Gasteiger partial charge in [-0.3, -0.25) is 0 Å². The summed E-state index contributed by atoms with van der Waals surface area (Å²) >= 11 is 1.07. The van der Waals surface area contributed by atoms with Crippen LogP contribution in [-0.4, -0.2) is 23.1 Å². The van der Waals surface area contributed by atoms with Crippen LogP contribution in [0, 0.1) is 5.82 Å². The van der Waals surface area contributed by atoms with Crippen molar-refractivity contribution in [2.24, 2.45) is 5.73 Å².